The number of halogens is 2. The fraction of sp³-hybridized carbons (Fsp3) is 0.450. The number of aromatic amines is 1. The summed E-state index contributed by atoms with van der Waals surface area (Å²) >= 11 is 12.0. The van der Waals surface area contributed by atoms with Crippen molar-refractivity contribution in [3.05, 3.63) is 54.6 Å². The van der Waals surface area contributed by atoms with Crippen molar-refractivity contribution in [2.75, 3.05) is 17.2 Å². The molecular formula is C20H26Cl2N4O3. The SMILES string of the molecule is CCCCN(C(=O)Cc1ccc(Cl)c(Cl)c1)c1c(N)n(CCCC)c(=O)[nH]c1=O. The molecule has 2 aromatic rings. The Kier molecular flexibility index (Phi) is 8.34. The van der Waals surface area contributed by atoms with Crippen molar-refractivity contribution in [2.45, 2.75) is 52.5 Å². The van der Waals surface area contributed by atoms with Crippen molar-refractivity contribution < 1.29 is 4.79 Å². The van der Waals surface area contributed by atoms with E-state index in [1.54, 1.807) is 18.2 Å². The number of nitrogens with one attached hydrogen (secondary N) is 1. The molecule has 0 saturated heterocycles. The first-order chi connectivity index (χ1) is 13.8. The van der Waals surface area contributed by atoms with Gasteiger partial charge < -0.3 is 10.6 Å². The fourth-order valence-electron chi connectivity index (χ4n) is 2.97. The highest BCUT2D eigenvalue weighted by molar-refractivity contribution is 6.42. The number of carbonyl (C=O) groups excluding carboxylic acids is 1. The number of benzene rings is 1. The van der Waals surface area contributed by atoms with Gasteiger partial charge in [-0.3, -0.25) is 19.1 Å². The molecule has 0 aliphatic carbocycles. The molecule has 1 amide bonds. The minimum absolute atomic E-state index is 0.00536. The van der Waals surface area contributed by atoms with Crippen molar-refractivity contribution >= 4 is 40.6 Å². The van der Waals surface area contributed by atoms with E-state index < -0.39 is 11.2 Å². The summed E-state index contributed by atoms with van der Waals surface area (Å²) < 4.78 is 1.31. The van der Waals surface area contributed by atoms with Gasteiger partial charge in [0.05, 0.1) is 16.5 Å². The van der Waals surface area contributed by atoms with E-state index in [4.69, 9.17) is 28.9 Å². The molecule has 3 N–H and O–H groups in total. The number of amides is 1. The molecule has 0 bridgehead atoms. The lowest BCUT2D eigenvalue weighted by molar-refractivity contribution is -0.118. The van der Waals surface area contributed by atoms with Gasteiger partial charge in [-0.05, 0) is 30.5 Å². The van der Waals surface area contributed by atoms with Crippen LogP contribution in [0, 0.1) is 0 Å². The van der Waals surface area contributed by atoms with E-state index in [-0.39, 0.29) is 23.8 Å². The Morgan fingerprint density at radius 3 is 2.45 bits per heavy atom. The van der Waals surface area contributed by atoms with Gasteiger partial charge in [0.25, 0.3) is 5.56 Å². The van der Waals surface area contributed by atoms with Crippen LogP contribution in [0.3, 0.4) is 0 Å². The third kappa shape index (κ3) is 5.64. The molecule has 2 rings (SSSR count). The summed E-state index contributed by atoms with van der Waals surface area (Å²) in [4.78, 5) is 41.5. The van der Waals surface area contributed by atoms with Gasteiger partial charge in [-0.1, -0.05) is 56.0 Å². The van der Waals surface area contributed by atoms with Crippen LogP contribution in [0.1, 0.15) is 45.1 Å². The van der Waals surface area contributed by atoms with Crippen LogP contribution < -0.4 is 21.9 Å². The zero-order chi connectivity index (χ0) is 21.6. The number of rotatable bonds is 9. The zero-order valence-electron chi connectivity index (χ0n) is 16.6. The first kappa shape index (κ1) is 23.0. The van der Waals surface area contributed by atoms with Gasteiger partial charge in [0.1, 0.15) is 5.82 Å². The monoisotopic (exact) mass is 440 g/mol. The van der Waals surface area contributed by atoms with Crippen molar-refractivity contribution in [3.8, 4) is 0 Å². The average Bonchev–Trinajstić information content (AvgIpc) is 2.66. The minimum Gasteiger partial charge on any atom is -0.383 e. The van der Waals surface area contributed by atoms with Crippen molar-refractivity contribution in [1.29, 1.82) is 0 Å². The number of carbonyl (C=O) groups is 1. The van der Waals surface area contributed by atoms with Crippen LogP contribution in [0.25, 0.3) is 0 Å². The van der Waals surface area contributed by atoms with Crippen molar-refractivity contribution in [1.82, 2.24) is 9.55 Å². The highest BCUT2D eigenvalue weighted by atomic mass is 35.5. The maximum Gasteiger partial charge on any atom is 0.330 e. The van der Waals surface area contributed by atoms with Gasteiger partial charge in [0.15, 0.2) is 5.69 Å². The second kappa shape index (κ2) is 10.5. The second-order valence-corrected chi connectivity index (χ2v) is 7.64. The van der Waals surface area contributed by atoms with E-state index in [9.17, 15) is 14.4 Å². The summed E-state index contributed by atoms with van der Waals surface area (Å²) in [5, 5.41) is 0.747. The number of hydrogen-bond acceptors (Lipinski definition) is 4. The van der Waals surface area contributed by atoms with Crippen LogP contribution in [0.4, 0.5) is 11.5 Å². The molecule has 0 spiro atoms. The van der Waals surface area contributed by atoms with E-state index >= 15 is 0 Å². The normalized spacial score (nSPS) is 10.9. The average molecular weight is 441 g/mol. The third-order valence-electron chi connectivity index (χ3n) is 4.59. The topological polar surface area (TPSA) is 101 Å². The maximum atomic E-state index is 13.1. The Morgan fingerprint density at radius 2 is 1.83 bits per heavy atom. The van der Waals surface area contributed by atoms with E-state index in [1.165, 1.54) is 9.47 Å². The molecule has 0 fully saturated rings. The summed E-state index contributed by atoms with van der Waals surface area (Å²) in [5.74, 6) is -0.305. The smallest absolute Gasteiger partial charge is 0.330 e. The van der Waals surface area contributed by atoms with Crippen LogP contribution in [-0.2, 0) is 17.8 Å². The molecule has 0 unspecified atom stereocenters. The largest absolute Gasteiger partial charge is 0.383 e. The lowest BCUT2D eigenvalue weighted by Gasteiger charge is -2.24. The highest BCUT2D eigenvalue weighted by Crippen LogP contribution is 2.24. The number of unbranched alkanes of at least 4 members (excludes halogenated alkanes) is 2. The fourth-order valence-corrected chi connectivity index (χ4v) is 3.29. The standard InChI is InChI=1S/C20H26Cl2N4O3/c1-3-5-9-25(16(27)12-13-7-8-14(21)15(22)11-13)17-18(23)26(10-6-4-2)20(29)24-19(17)28/h7-8,11H,3-6,9-10,12,23H2,1-2H3,(H,24,28,29). The lowest BCUT2D eigenvalue weighted by Crippen LogP contribution is -2.42. The Hall–Kier alpha value is -2.25. The summed E-state index contributed by atoms with van der Waals surface area (Å²) in [6.45, 7) is 4.66. The van der Waals surface area contributed by atoms with E-state index in [0.29, 0.717) is 35.1 Å². The van der Waals surface area contributed by atoms with Gasteiger partial charge in [-0.2, -0.15) is 0 Å². The second-order valence-electron chi connectivity index (χ2n) is 6.82. The first-order valence-corrected chi connectivity index (χ1v) is 10.4. The van der Waals surface area contributed by atoms with E-state index in [0.717, 1.165) is 19.3 Å². The van der Waals surface area contributed by atoms with Crippen LogP contribution in [0.2, 0.25) is 10.0 Å². The molecule has 1 aromatic carbocycles. The number of H-pyrrole nitrogens is 1. The molecule has 7 nitrogen and oxygen atoms in total. The number of hydrogen-bond donors (Lipinski definition) is 2. The third-order valence-corrected chi connectivity index (χ3v) is 5.33. The molecule has 29 heavy (non-hydrogen) atoms. The molecule has 1 aromatic heterocycles. The van der Waals surface area contributed by atoms with Crippen molar-refractivity contribution in [2.24, 2.45) is 0 Å². The maximum absolute atomic E-state index is 13.1. The molecule has 0 aliphatic heterocycles. The minimum atomic E-state index is -0.668. The van der Waals surface area contributed by atoms with Gasteiger partial charge in [-0.15, -0.1) is 0 Å². The molecule has 0 aliphatic rings. The van der Waals surface area contributed by atoms with Gasteiger partial charge in [0.2, 0.25) is 5.91 Å². The van der Waals surface area contributed by atoms with E-state index in [2.05, 4.69) is 4.98 Å². The molecule has 9 heteroatoms. The van der Waals surface area contributed by atoms with Crippen LogP contribution in [-0.4, -0.2) is 22.0 Å². The Morgan fingerprint density at radius 1 is 1.14 bits per heavy atom. The number of nitrogen functional groups attached to an aromatic ring is 1. The molecule has 0 radical (unpaired) electrons. The van der Waals surface area contributed by atoms with Crippen LogP contribution in [0.15, 0.2) is 27.8 Å². The number of anilines is 2. The Balaban J connectivity index is 2.45. The first-order valence-electron chi connectivity index (χ1n) is 9.67. The lowest BCUT2D eigenvalue weighted by atomic mass is 10.1. The van der Waals surface area contributed by atoms with E-state index in [1.807, 2.05) is 13.8 Å². The van der Waals surface area contributed by atoms with Crippen molar-refractivity contribution in [3.63, 3.8) is 0 Å². The zero-order valence-corrected chi connectivity index (χ0v) is 18.1. The summed E-state index contributed by atoms with van der Waals surface area (Å²) in [7, 11) is 0. The summed E-state index contributed by atoms with van der Waals surface area (Å²) in [6, 6.07) is 4.95. The molecule has 158 valence electrons. The molecule has 0 atom stereocenters. The molecule has 0 saturated carbocycles. The quantitative estimate of drug-likeness (QED) is 0.621. The Bertz CT molecular complexity index is 985. The van der Waals surface area contributed by atoms with Crippen LogP contribution >= 0.6 is 23.2 Å². The number of aromatic nitrogens is 2. The molecule has 1 heterocycles. The predicted octanol–water partition coefficient (Wildman–Crippen LogP) is 3.60. The summed E-state index contributed by atoms with van der Waals surface area (Å²) in [6.07, 6.45) is 3.11. The van der Waals surface area contributed by atoms with Gasteiger partial charge in [-0.25, -0.2) is 4.79 Å². The summed E-state index contributed by atoms with van der Waals surface area (Å²) in [5.41, 5.74) is 5.62. The highest BCUT2D eigenvalue weighted by Gasteiger charge is 2.24. The number of nitrogens with zero attached hydrogens (tertiary/aromatic N) is 2. The molecular weight excluding hydrogens is 415 g/mol. The van der Waals surface area contributed by atoms with Gasteiger partial charge in [0, 0.05) is 13.1 Å². The Labute approximate surface area is 179 Å². The van der Waals surface area contributed by atoms with Crippen LogP contribution in [0.5, 0.6) is 0 Å². The number of nitrogens with two attached hydrogens (primary N) is 1. The predicted molar refractivity (Wildman–Crippen MR) is 118 cm³/mol. The van der Waals surface area contributed by atoms with Gasteiger partial charge >= 0.3 is 5.69 Å².